The van der Waals surface area contributed by atoms with E-state index in [0.717, 1.165) is 31.8 Å². The molecular weight excluding hydrogens is 292 g/mol. The summed E-state index contributed by atoms with van der Waals surface area (Å²) in [6.07, 6.45) is 5.73. The van der Waals surface area contributed by atoms with Crippen LogP contribution in [-0.2, 0) is 11.2 Å². The zero-order valence-electron chi connectivity index (χ0n) is 14.5. The van der Waals surface area contributed by atoms with Gasteiger partial charge in [-0.3, -0.25) is 4.79 Å². The first-order chi connectivity index (χ1) is 11.1. The van der Waals surface area contributed by atoms with Crippen LogP contribution in [0.1, 0.15) is 63.6 Å². The van der Waals surface area contributed by atoms with Crippen LogP contribution < -0.4 is 0 Å². The Bertz CT molecular complexity index is 542. The van der Waals surface area contributed by atoms with Crippen LogP contribution in [0.4, 0.5) is 0 Å². The molecule has 1 aromatic rings. The summed E-state index contributed by atoms with van der Waals surface area (Å²) in [5.41, 5.74) is 0. The topological polar surface area (TPSA) is 62.5 Å². The molecule has 1 aromatic heterocycles. The second-order valence-electron chi connectivity index (χ2n) is 7.19. The Morgan fingerprint density at radius 2 is 2.00 bits per heavy atom. The van der Waals surface area contributed by atoms with Gasteiger partial charge in [0, 0.05) is 37.4 Å². The lowest BCUT2D eigenvalue weighted by molar-refractivity contribution is -0.133. The Balaban J connectivity index is 1.56. The Hall–Kier alpha value is -1.43. The maximum Gasteiger partial charge on any atom is 0.227 e. The zero-order chi connectivity index (χ0) is 16.4. The average Bonchev–Trinajstić information content (AvgIpc) is 3.24. The van der Waals surface area contributed by atoms with Gasteiger partial charge in [-0.1, -0.05) is 19.0 Å². The second kappa shape index (κ2) is 6.99. The molecule has 0 saturated carbocycles. The quantitative estimate of drug-likeness (QED) is 0.832. The highest BCUT2D eigenvalue weighted by molar-refractivity contribution is 5.77. The Kier molecular flexibility index (Phi) is 4.99. The van der Waals surface area contributed by atoms with E-state index in [1.165, 1.54) is 12.8 Å². The van der Waals surface area contributed by atoms with E-state index in [4.69, 9.17) is 4.52 Å². The van der Waals surface area contributed by atoms with E-state index >= 15 is 0 Å². The second-order valence-corrected chi connectivity index (χ2v) is 7.19. The lowest BCUT2D eigenvalue weighted by Gasteiger charge is -2.33. The van der Waals surface area contributed by atoms with Gasteiger partial charge in [-0.2, -0.15) is 4.98 Å². The zero-order valence-corrected chi connectivity index (χ0v) is 14.5. The lowest BCUT2D eigenvalue weighted by Crippen LogP contribution is -2.47. The third kappa shape index (κ3) is 3.57. The fourth-order valence-corrected chi connectivity index (χ4v) is 3.89. The van der Waals surface area contributed by atoms with Gasteiger partial charge in [0.1, 0.15) is 0 Å². The summed E-state index contributed by atoms with van der Waals surface area (Å²) in [4.78, 5) is 21.5. The molecule has 0 unspecified atom stereocenters. The monoisotopic (exact) mass is 320 g/mol. The van der Waals surface area contributed by atoms with E-state index < -0.39 is 0 Å². The van der Waals surface area contributed by atoms with E-state index in [-0.39, 0.29) is 11.8 Å². The molecule has 2 fully saturated rings. The molecule has 0 aliphatic carbocycles. The number of nitrogens with zero attached hydrogens (tertiary/aromatic N) is 4. The van der Waals surface area contributed by atoms with Crippen LogP contribution in [0.25, 0.3) is 0 Å². The summed E-state index contributed by atoms with van der Waals surface area (Å²) < 4.78 is 5.24. The first kappa shape index (κ1) is 16.4. The van der Waals surface area contributed by atoms with Crippen molar-refractivity contribution in [3.8, 4) is 0 Å². The molecule has 0 N–H and O–H groups in total. The van der Waals surface area contributed by atoms with E-state index in [1.807, 2.05) is 13.8 Å². The van der Waals surface area contributed by atoms with Gasteiger partial charge in [-0.05, 0) is 39.3 Å². The molecule has 6 heteroatoms. The minimum Gasteiger partial charge on any atom is -0.339 e. The number of carbonyl (C=O) groups is 1. The van der Waals surface area contributed by atoms with Crippen molar-refractivity contribution in [1.29, 1.82) is 0 Å². The van der Waals surface area contributed by atoms with Crippen molar-refractivity contribution in [1.82, 2.24) is 19.9 Å². The van der Waals surface area contributed by atoms with Gasteiger partial charge < -0.3 is 14.3 Å². The Morgan fingerprint density at radius 1 is 1.26 bits per heavy atom. The third-order valence-corrected chi connectivity index (χ3v) is 5.19. The minimum atomic E-state index is 0.233. The summed E-state index contributed by atoms with van der Waals surface area (Å²) in [6, 6.07) is 0.932. The van der Waals surface area contributed by atoms with Gasteiger partial charge in [0.2, 0.25) is 11.8 Å². The average molecular weight is 320 g/mol. The molecular formula is C17H28N4O2. The molecule has 6 nitrogen and oxygen atoms in total. The predicted molar refractivity (Wildman–Crippen MR) is 87.1 cm³/mol. The van der Waals surface area contributed by atoms with Crippen molar-refractivity contribution in [2.45, 2.75) is 70.4 Å². The van der Waals surface area contributed by atoms with Crippen LogP contribution in [0.2, 0.25) is 0 Å². The third-order valence-electron chi connectivity index (χ3n) is 5.19. The van der Waals surface area contributed by atoms with Crippen LogP contribution in [0, 0.1) is 0 Å². The molecule has 0 bridgehead atoms. The van der Waals surface area contributed by atoms with Crippen molar-refractivity contribution in [2.75, 3.05) is 20.1 Å². The largest absolute Gasteiger partial charge is 0.339 e. The van der Waals surface area contributed by atoms with Crippen LogP contribution in [0.5, 0.6) is 0 Å². The maximum absolute atomic E-state index is 12.7. The normalized spacial score (nSPS) is 25.7. The molecule has 2 atom stereocenters. The smallest absolute Gasteiger partial charge is 0.227 e. The summed E-state index contributed by atoms with van der Waals surface area (Å²) in [6.45, 7) is 6.12. The molecule has 3 heterocycles. The van der Waals surface area contributed by atoms with E-state index in [2.05, 4.69) is 27.0 Å². The van der Waals surface area contributed by atoms with Crippen molar-refractivity contribution in [3.05, 3.63) is 11.7 Å². The highest BCUT2D eigenvalue weighted by Gasteiger charge is 2.38. The number of aromatic nitrogens is 2. The van der Waals surface area contributed by atoms with E-state index in [1.54, 1.807) is 0 Å². The maximum atomic E-state index is 12.7. The fourth-order valence-electron chi connectivity index (χ4n) is 3.89. The number of hydrogen-bond donors (Lipinski definition) is 0. The Labute approximate surface area is 138 Å². The molecule has 3 rings (SSSR count). The number of carbonyl (C=O) groups excluding carboxylic acids is 1. The molecule has 128 valence electrons. The first-order valence-corrected chi connectivity index (χ1v) is 8.88. The highest BCUT2D eigenvalue weighted by Crippen LogP contribution is 2.29. The van der Waals surface area contributed by atoms with Gasteiger partial charge in [-0.25, -0.2) is 0 Å². The SMILES string of the molecule is CC(C)c1noc(CCC(=O)N2CCC[C@@H]2[C@@H]2CCCN2C)n1. The molecule has 0 aromatic carbocycles. The number of likely N-dealkylation sites (tertiary alicyclic amines) is 2. The molecule has 2 saturated heterocycles. The van der Waals surface area contributed by atoms with E-state index in [9.17, 15) is 4.79 Å². The molecule has 2 aliphatic heterocycles. The molecule has 0 spiro atoms. The minimum absolute atomic E-state index is 0.233. The predicted octanol–water partition coefficient (Wildman–Crippen LogP) is 2.21. The van der Waals surface area contributed by atoms with Crippen molar-refractivity contribution >= 4 is 5.91 Å². The summed E-state index contributed by atoms with van der Waals surface area (Å²) in [7, 11) is 2.19. The Morgan fingerprint density at radius 3 is 2.65 bits per heavy atom. The number of rotatable bonds is 5. The molecule has 0 radical (unpaired) electrons. The summed E-state index contributed by atoms with van der Waals surface area (Å²) >= 11 is 0. The van der Waals surface area contributed by atoms with Gasteiger partial charge in [0.25, 0.3) is 0 Å². The molecule has 23 heavy (non-hydrogen) atoms. The van der Waals surface area contributed by atoms with Crippen LogP contribution in [0.15, 0.2) is 4.52 Å². The number of likely N-dealkylation sites (N-methyl/N-ethyl adjacent to an activating group) is 1. The summed E-state index contributed by atoms with van der Waals surface area (Å²) in [5.74, 6) is 1.79. The van der Waals surface area contributed by atoms with Crippen LogP contribution in [-0.4, -0.2) is 58.1 Å². The van der Waals surface area contributed by atoms with Gasteiger partial charge >= 0.3 is 0 Å². The summed E-state index contributed by atoms with van der Waals surface area (Å²) in [5, 5.41) is 3.96. The standard InChI is InChI=1S/C17H28N4O2/c1-12(2)17-18-15(23-19-17)8-9-16(22)21-11-5-7-14(21)13-6-4-10-20(13)3/h12-14H,4-11H2,1-3H3/t13-,14+/m0/s1. The molecule has 2 aliphatic rings. The first-order valence-electron chi connectivity index (χ1n) is 8.88. The number of amides is 1. The van der Waals surface area contributed by atoms with E-state index in [0.29, 0.717) is 30.8 Å². The van der Waals surface area contributed by atoms with Crippen molar-refractivity contribution < 1.29 is 9.32 Å². The lowest BCUT2D eigenvalue weighted by atomic mass is 10.0. The van der Waals surface area contributed by atoms with Gasteiger partial charge in [0.05, 0.1) is 0 Å². The number of hydrogen-bond acceptors (Lipinski definition) is 5. The van der Waals surface area contributed by atoms with Gasteiger partial charge in [0.15, 0.2) is 5.82 Å². The van der Waals surface area contributed by atoms with Crippen molar-refractivity contribution in [3.63, 3.8) is 0 Å². The van der Waals surface area contributed by atoms with Crippen LogP contribution >= 0.6 is 0 Å². The molecule has 1 amide bonds. The van der Waals surface area contributed by atoms with Gasteiger partial charge in [-0.15, -0.1) is 0 Å². The number of aryl methyl sites for hydroxylation is 1. The van der Waals surface area contributed by atoms with Crippen LogP contribution in [0.3, 0.4) is 0 Å². The highest BCUT2D eigenvalue weighted by atomic mass is 16.5. The van der Waals surface area contributed by atoms with Crippen molar-refractivity contribution in [2.24, 2.45) is 0 Å². The fraction of sp³-hybridized carbons (Fsp3) is 0.824.